The van der Waals surface area contributed by atoms with Crippen molar-refractivity contribution in [1.29, 1.82) is 0 Å². The van der Waals surface area contributed by atoms with E-state index in [9.17, 15) is 5.11 Å². The zero-order valence-electron chi connectivity index (χ0n) is 9.25. The van der Waals surface area contributed by atoms with E-state index in [1.54, 1.807) is 0 Å². The van der Waals surface area contributed by atoms with Crippen LogP contribution in [0.1, 0.15) is 5.56 Å². The molecule has 1 aromatic rings. The van der Waals surface area contributed by atoms with Crippen LogP contribution in [-0.2, 0) is 4.74 Å². The van der Waals surface area contributed by atoms with Crippen molar-refractivity contribution in [3.05, 3.63) is 42.1 Å². The lowest BCUT2D eigenvalue weighted by Gasteiger charge is -2.33. The predicted octanol–water partition coefficient (Wildman–Crippen LogP) is 1.35. The Hall–Kier alpha value is -1.32. The van der Waals surface area contributed by atoms with Gasteiger partial charge < -0.3 is 14.7 Å². The zero-order valence-corrected chi connectivity index (χ0v) is 9.25. The number of aliphatic hydroxyl groups excluding tert-OH is 1. The Morgan fingerprint density at radius 1 is 1.38 bits per heavy atom. The van der Waals surface area contributed by atoms with Crippen LogP contribution in [0.5, 0.6) is 0 Å². The molecule has 1 fully saturated rings. The SMILES string of the molecule is OCC1COCCN1C=Cc1ccccc1. The van der Waals surface area contributed by atoms with E-state index in [4.69, 9.17) is 4.74 Å². The molecule has 0 aromatic heterocycles. The maximum atomic E-state index is 9.20. The number of hydrogen-bond donors (Lipinski definition) is 1. The summed E-state index contributed by atoms with van der Waals surface area (Å²) in [5, 5.41) is 9.20. The van der Waals surface area contributed by atoms with Gasteiger partial charge in [-0.3, -0.25) is 0 Å². The monoisotopic (exact) mass is 219 g/mol. The fourth-order valence-corrected chi connectivity index (χ4v) is 1.77. The van der Waals surface area contributed by atoms with Crippen molar-refractivity contribution >= 4 is 6.08 Å². The fourth-order valence-electron chi connectivity index (χ4n) is 1.77. The van der Waals surface area contributed by atoms with Gasteiger partial charge >= 0.3 is 0 Å². The van der Waals surface area contributed by atoms with Gasteiger partial charge in [-0.15, -0.1) is 0 Å². The molecule has 0 radical (unpaired) electrons. The van der Waals surface area contributed by atoms with Crippen molar-refractivity contribution in [2.75, 3.05) is 26.4 Å². The average Bonchev–Trinajstić information content (AvgIpc) is 2.38. The van der Waals surface area contributed by atoms with Gasteiger partial charge in [-0.1, -0.05) is 30.3 Å². The molecule has 16 heavy (non-hydrogen) atoms. The van der Waals surface area contributed by atoms with Gasteiger partial charge in [0.1, 0.15) is 0 Å². The van der Waals surface area contributed by atoms with Gasteiger partial charge in [0, 0.05) is 12.7 Å². The number of rotatable bonds is 3. The quantitative estimate of drug-likeness (QED) is 0.833. The Kier molecular flexibility index (Phi) is 3.97. The van der Waals surface area contributed by atoms with Crippen LogP contribution < -0.4 is 0 Å². The topological polar surface area (TPSA) is 32.7 Å². The molecule has 1 heterocycles. The first kappa shape index (κ1) is 11.2. The van der Waals surface area contributed by atoms with E-state index in [1.165, 1.54) is 5.56 Å². The summed E-state index contributed by atoms with van der Waals surface area (Å²) in [6.45, 7) is 2.32. The van der Waals surface area contributed by atoms with E-state index < -0.39 is 0 Å². The van der Waals surface area contributed by atoms with Crippen molar-refractivity contribution < 1.29 is 9.84 Å². The minimum absolute atomic E-state index is 0.0914. The summed E-state index contributed by atoms with van der Waals surface area (Å²) in [7, 11) is 0. The van der Waals surface area contributed by atoms with Gasteiger partial charge in [0.2, 0.25) is 0 Å². The highest BCUT2D eigenvalue weighted by atomic mass is 16.5. The second kappa shape index (κ2) is 5.68. The first-order valence-corrected chi connectivity index (χ1v) is 5.58. The Bertz CT molecular complexity index is 337. The van der Waals surface area contributed by atoms with Gasteiger partial charge in [-0.25, -0.2) is 0 Å². The van der Waals surface area contributed by atoms with Crippen LogP contribution in [0.4, 0.5) is 0 Å². The molecule has 1 N–H and O–H groups in total. The summed E-state index contributed by atoms with van der Waals surface area (Å²) in [6, 6.07) is 10.2. The van der Waals surface area contributed by atoms with Crippen LogP contribution in [0.3, 0.4) is 0 Å². The highest BCUT2D eigenvalue weighted by Gasteiger charge is 2.18. The number of ether oxygens (including phenoxy) is 1. The first-order chi connectivity index (χ1) is 7.90. The summed E-state index contributed by atoms with van der Waals surface area (Å²) in [6.07, 6.45) is 4.10. The minimum atomic E-state index is 0.0914. The van der Waals surface area contributed by atoms with Gasteiger partial charge in [0.15, 0.2) is 0 Å². The van der Waals surface area contributed by atoms with Crippen molar-refractivity contribution in [2.24, 2.45) is 0 Å². The average molecular weight is 219 g/mol. The lowest BCUT2D eigenvalue weighted by Crippen LogP contribution is -2.44. The van der Waals surface area contributed by atoms with E-state index in [0.29, 0.717) is 6.61 Å². The van der Waals surface area contributed by atoms with E-state index in [2.05, 4.69) is 23.1 Å². The van der Waals surface area contributed by atoms with Crippen LogP contribution in [0.15, 0.2) is 36.5 Å². The molecule has 1 atom stereocenters. The van der Waals surface area contributed by atoms with Crippen molar-refractivity contribution in [3.63, 3.8) is 0 Å². The maximum absolute atomic E-state index is 9.20. The third kappa shape index (κ3) is 2.84. The lowest BCUT2D eigenvalue weighted by atomic mass is 10.2. The molecule has 0 saturated carbocycles. The van der Waals surface area contributed by atoms with E-state index >= 15 is 0 Å². The zero-order chi connectivity index (χ0) is 11.2. The number of hydrogen-bond acceptors (Lipinski definition) is 3. The molecule has 1 unspecified atom stereocenters. The summed E-state index contributed by atoms with van der Waals surface area (Å²) >= 11 is 0. The van der Waals surface area contributed by atoms with Gasteiger partial charge in [0.05, 0.1) is 25.9 Å². The highest BCUT2D eigenvalue weighted by Crippen LogP contribution is 2.09. The molecule has 0 spiro atoms. The van der Waals surface area contributed by atoms with Gasteiger partial charge in [-0.2, -0.15) is 0 Å². The number of aliphatic hydroxyl groups is 1. The number of nitrogens with zero attached hydrogens (tertiary/aromatic N) is 1. The second-order valence-corrected chi connectivity index (χ2v) is 3.88. The molecule has 1 saturated heterocycles. The Morgan fingerprint density at radius 2 is 2.19 bits per heavy atom. The summed E-state index contributed by atoms with van der Waals surface area (Å²) in [4.78, 5) is 2.14. The highest BCUT2D eigenvalue weighted by molar-refractivity contribution is 5.48. The molecule has 86 valence electrons. The Balaban J connectivity index is 1.99. The molecule has 0 amide bonds. The summed E-state index contributed by atoms with van der Waals surface area (Å²) < 4.78 is 5.32. The molecule has 0 aliphatic carbocycles. The van der Waals surface area contributed by atoms with E-state index in [-0.39, 0.29) is 12.6 Å². The van der Waals surface area contributed by atoms with Crippen LogP contribution in [-0.4, -0.2) is 42.4 Å². The lowest BCUT2D eigenvalue weighted by molar-refractivity contribution is -0.00457. The normalized spacial score (nSPS) is 21.6. The molecular weight excluding hydrogens is 202 g/mol. The van der Waals surface area contributed by atoms with E-state index in [0.717, 1.165) is 13.2 Å². The Labute approximate surface area is 96.0 Å². The second-order valence-electron chi connectivity index (χ2n) is 3.88. The third-order valence-electron chi connectivity index (χ3n) is 2.74. The largest absolute Gasteiger partial charge is 0.394 e. The molecule has 1 aliphatic rings. The van der Waals surface area contributed by atoms with Crippen molar-refractivity contribution in [1.82, 2.24) is 4.90 Å². The van der Waals surface area contributed by atoms with Gasteiger partial charge in [0.25, 0.3) is 0 Å². The molecule has 3 heteroatoms. The molecule has 2 rings (SSSR count). The van der Waals surface area contributed by atoms with E-state index in [1.807, 2.05) is 24.4 Å². The molecular formula is C13H17NO2. The summed E-state index contributed by atoms with van der Waals surface area (Å²) in [5.74, 6) is 0. The Morgan fingerprint density at radius 3 is 2.94 bits per heavy atom. The number of morpholine rings is 1. The molecule has 3 nitrogen and oxygen atoms in total. The van der Waals surface area contributed by atoms with Crippen molar-refractivity contribution in [3.8, 4) is 0 Å². The molecule has 1 aliphatic heterocycles. The predicted molar refractivity (Wildman–Crippen MR) is 63.9 cm³/mol. The third-order valence-corrected chi connectivity index (χ3v) is 2.74. The first-order valence-electron chi connectivity index (χ1n) is 5.58. The van der Waals surface area contributed by atoms with Crippen LogP contribution in [0.25, 0.3) is 6.08 Å². The molecule has 1 aromatic carbocycles. The smallest absolute Gasteiger partial charge is 0.0750 e. The van der Waals surface area contributed by atoms with Gasteiger partial charge in [-0.05, 0) is 11.6 Å². The van der Waals surface area contributed by atoms with Crippen LogP contribution in [0.2, 0.25) is 0 Å². The fraction of sp³-hybridized carbons (Fsp3) is 0.385. The van der Waals surface area contributed by atoms with Crippen LogP contribution in [0, 0.1) is 0 Å². The standard InChI is InChI=1S/C13H17NO2/c15-10-13-11-16-9-8-14(13)7-6-12-4-2-1-3-5-12/h1-7,13,15H,8-11H2. The van der Waals surface area contributed by atoms with Crippen molar-refractivity contribution in [2.45, 2.75) is 6.04 Å². The minimum Gasteiger partial charge on any atom is -0.394 e. The molecule has 0 bridgehead atoms. The maximum Gasteiger partial charge on any atom is 0.0750 e. The van der Waals surface area contributed by atoms with Crippen LogP contribution >= 0.6 is 0 Å². The summed E-state index contributed by atoms with van der Waals surface area (Å²) in [5.41, 5.74) is 1.17. The number of benzene rings is 1.